The van der Waals surface area contributed by atoms with E-state index in [2.05, 4.69) is 10.1 Å². The van der Waals surface area contributed by atoms with Gasteiger partial charge in [-0.2, -0.15) is 0 Å². The van der Waals surface area contributed by atoms with Crippen LogP contribution < -0.4 is 14.9 Å². The third kappa shape index (κ3) is 3.92. The summed E-state index contributed by atoms with van der Waals surface area (Å²) in [6, 6.07) is 5.44. The number of hydrogen-bond donors (Lipinski definition) is 2. The molecule has 0 saturated heterocycles. The first-order chi connectivity index (χ1) is 9.42. The number of benzene rings is 1. The summed E-state index contributed by atoms with van der Waals surface area (Å²) in [6.07, 6.45) is 2.37. The summed E-state index contributed by atoms with van der Waals surface area (Å²) >= 11 is 0. The van der Waals surface area contributed by atoms with Gasteiger partial charge in [-0.15, -0.1) is 4.83 Å². The molecule has 0 radical (unpaired) electrons. The number of rotatable bonds is 7. The first kappa shape index (κ1) is 15.2. The quantitative estimate of drug-likeness (QED) is 0.725. The minimum Gasteiger partial charge on any atom is -0.496 e. The van der Waals surface area contributed by atoms with Crippen LogP contribution in [0.4, 0.5) is 0 Å². The Morgan fingerprint density at radius 1 is 1.35 bits per heavy atom. The van der Waals surface area contributed by atoms with Crippen LogP contribution in [0.5, 0.6) is 5.75 Å². The van der Waals surface area contributed by atoms with Crippen LogP contribution in [-0.2, 0) is 16.6 Å². The van der Waals surface area contributed by atoms with Crippen molar-refractivity contribution < 1.29 is 13.2 Å². The molecule has 0 bridgehead atoms. The van der Waals surface area contributed by atoms with Crippen LogP contribution in [0.15, 0.2) is 23.1 Å². The Morgan fingerprint density at radius 3 is 2.60 bits per heavy atom. The fourth-order valence-corrected chi connectivity index (χ4v) is 3.03. The smallest absolute Gasteiger partial charge is 0.253 e. The molecule has 1 fully saturated rings. The number of nitrogens with zero attached hydrogens (tertiary/aromatic N) is 1. The van der Waals surface area contributed by atoms with E-state index in [1.54, 1.807) is 39.4 Å². The van der Waals surface area contributed by atoms with Crippen molar-refractivity contribution in [2.45, 2.75) is 30.3 Å². The van der Waals surface area contributed by atoms with Crippen LogP contribution in [-0.4, -0.2) is 40.7 Å². The molecule has 20 heavy (non-hydrogen) atoms. The first-order valence-electron chi connectivity index (χ1n) is 6.52. The van der Waals surface area contributed by atoms with Gasteiger partial charge in [-0.1, -0.05) is 0 Å². The SMILES string of the molecule is COc1ccc(S(=O)(=O)NN(C)C)cc1CNC1CC1. The maximum atomic E-state index is 12.1. The van der Waals surface area contributed by atoms with Crippen molar-refractivity contribution in [1.82, 2.24) is 15.2 Å². The normalized spacial score (nSPS) is 15.6. The second-order valence-corrected chi connectivity index (χ2v) is 6.78. The molecule has 0 atom stereocenters. The van der Waals surface area contributed by atoms with Crippen molar-refractivity contribution >= 4 is 10.0 Å². The van der Waals surface area contributed by atoms with Gasteiger partial charge >= 0.3 is 0 Å². The average Bonchev–Trinajstić information content (AvgIpc) is 3.18. The number of ether oxygens (including phenoxy) is 1. The maximum Gasteiger partial charge on any atom is 0.253 e. The number of methoxy groups -OCH3 is 1. The molecule has 0 unspecified atom stereocenters. The molecular weight excluding hydrogens is 278 g/mol. The third-order valence-electron chi connectivity index (χ3n) is 3.02. The van der Waals surface area contributed by atoms with E-state index >= 15 is 0 Å². The fraction of sp³-hybridized carbons (Fsp3) is 0.538. The van der Waals surface area contributed by atoms with Gasteiger partial charge in [0.15, 0.2) is 0 Å². The molecule has 6 nitrogen and oxygen atoms in total. The molecule has 0 heterocycles. The summed E-state index contributed by atoms with van der Waals surface area (Å²) in [6.45, 7) is 0.610. The van der Waals surface area contributed by atoms with Crippen molar-refractivity contribution in [1.29, 1.82) is 0 Å². The Kier molecular flexibility index (Phi) is 4.64. The number of hydrazine groups is 1. The van der Waals surface area contributed by atoms with Gasteiger partial charge in [0.1, 0.15) is 5.75 Å². The Hall–Kier alpha value is -1.15. The van der Waals surface area contributed by atoms with Crippen LogP contribution in [0.1, 0.15) is 18.4 Å². The van der Waals surface area contributed by atoms with Crippen LogP contribution in [0.3, 0.4) is 0 Å². The summed E-state index contributed by atoms with van der Waals surface area (Å²) in [7, 11) is 1.32. The lowest BCUT2D eigenvalue weighted by Gasteiger charge is -2.15. The van der Waals surface area contributed by atoms with E-state index in [0.717, 1.165) is 5.56 Å². The zero-order valence-electron chi connectivity index (χ0n) is 12.0. The maximum absolute atomic E-state index is 12.1. The van der Waals surface area contributed by atoms with E-state index in [1.807, 2.05) is 0 Å². The third-order valence-corrected chi connectivity index (χ3v) is 4.50. The topological polar surface area (TPSA) is 70.7 Å². The summed E-state index contributed by atoms with van der Waals surface area (Å²) < 4.78 is 29.5. The highest BCUT2D eigenvalue weighted by atomic mass is 32.2. The van der Waals surface area contributed by atoms with Crippen molar-refractivity contribution in [3.63, 3.8) is 0 Å². The zero-order valence-corrected chi connectivity index (χ0v) is 12.8. The molecule has 0 spiro atoms. The monoisotopic (exact) mass is 299 g/mol. The van der Waals surface area contributed by atoms with Gasteiger partial charge in [-0.05, 0) is 31.0 Å². The highest BCUT2D eigenvalue weighted by molar-refractivity contribution is 7.89. The van der Waals surface area contributed by atoms with Crippen molar-refractivity contribution in [2.75, 3.05) is 21.2 Å². The van der Waals surface area contributed by atoms with Gasteiger partial charge in [0.05, 0.1) is 12.0 Å². The molecule has 1 aliphatic rings. The molecule has 1 aliphatic carbocycles. The van der Waals surface area contributed by atoms with E-state index in [1.165, 1.54) is 17.9 Å². The lowest BCUT2D eigenvalue weighted by Crippen LogP contribution is -2.36. The molecule has 0 amide bonds. The lowest BCUT2D eigenvalue weighted by atomic mass is 10.2. The Morgan fingerprint density at radius 2 is 2.05 bits per heavy atom. The molecule has 0 aliphatic heterocycles. The molecule has 1 saturated carbocycles. The van der Waals surface area contributed by atoms with Crippen LogP contribution in [0, 0.1) is 0 Å². The van der Waals surface area contributed by atoms with Gasteiger partial charge < -0.3 is 10.1 Å². The van der Waals surface area contributed by atoms with Gasteiger partial charge in [0.25, 0.3) is 10.0 Å². The van der Waals surface area contributed by atoms with E-state index in [4.69, 9.17) is 4.74 Å². The van der Waals surface area contributed by atoms with Crippen LogP contribution in [0.2, 0.25) is 0 Å². The van der Waals surface area contributed by atoms with E-state index in [9.17, 15) is 8.42 Å². The second kappa shape index (κ2) is 6.09. The summed E-state index contributed by atoms with van der Waals surface area (Å²) in [4.78, 5) is 2.66. The van der Waals surface area contributed by atoms with E-state index in [0.29, 0.717) is 18.3 Å². The highest BCUT2D eigenvalue weighted by Crippen LogP contribution is 2.25. The molecule has 1 aromatic carbocycles. The summed E-state index contributed by atoms with van der Waals surface area (Å²) in [5.74, 6) is 0.696. The molecular formula is C13H21N3O3S. The van der Waals surface area contributed by atoms with Crippen LogP contribution >= 0.6 is 0 Å². The minimum atomic E-state index is -3.54. The summed E-state index contributed by atoms with van der Waals surface area (Å²) in [5, 5.41) is 4.77. The number of hydrogen-bond acceptors (Lipinski definition) is 5. The first-order valence-corrected chi connectivity index (χ1v) is 8.01. The largest absolute Gasteiger partial charge is 0.496 e. The zero-order chi connectivity index (χ0) is 14.8. The summed E-state index contributed by atoms with van der Waals surface area (Å²) in [5.41, 5.74) is 0.848. The fourth-order valence-electron chi connectivity index (χ4n) is 1.90. The average molecular weight is 299 g/mol. The lowest BCUT2D eigenvalue weighted by molar-refractivity contribution is 0.364. The van der Waals surface area contributed by atoms with Gasteiger partial charge in [-0.3, -0.25) is 0 Å². The minimum absolute atomic E-state index is 0.236. The van der Waals surface area contributed by atoms with Gasteiger partial charge in [-0.25, -0.2) is 13.4 Å². The molecule has 2 rings (SSSR count). The molecule has 0 aromatic heterocycles. The van der Waals surface area contributed by atoms with Gasteiger partial charge in [0.2, 0.25) is 0 Å². The molecule has 1 aromatic rings. The van der Waals surface area contributed by atoms with Crippen molar-refractivity contribution in [3.05, 3.63) is 23.8 Å². The number of nitrogens with one attached hydrogen (secondary N) is 2. The molecule has 7 heteroatoms. The van der Waals surface area contributed by atoms with E-state index < -0.39 is 10.0 Å². The van der Waals surface area contributed by atoms with Crippen LogP contribution in [0.25, 0.3) is 0 Å². The van der Waals surface area contributed by atoms with Crippen molar-refractivity contribution in [2.24, 2.45) is 0 Å². The second-order valence-electron chi connectivity index (χ2n) is 5.12. The predicted octanol–water partition coefficient (Wildman–Crippen LogP) is 0.702. The highest BCUT2D eigenvalue weighted by Gasteiger charge is 2.22. The molecule has 112 valence electrons. The molecule has 2 N–H and O–H groups in total. The standard InChI is InChI=1S/C13H21N3O3S/c1-16(2)15-20(17,18)12-6-7-13(19-3)10(8-12)9-14-11-4-5-11/h6-8,11,14-15H,4-5,9H2,1-3H3. The Labute approximate surface area is 120 Å². The predicted molar refractivity (Wildman–Crippen MR) is 76.9 cm³/mol. The number of sulfonamides is 1. The van der Waals surface area contributed by atoms with E-state index in [-0.39, 0.29) is 4.90 Å². The Balaban J connectivity index is 2.23. The van der Waals surface area contributed by atoms with Gasteiger partial charge in [0, 0.05) is 32.2 Å². The Bertz CT molecular complexity index is 568. The van der Waals surface area contributed by atoms with Crippen molar-refractivity contribution in [3.8, 4) is 5.75 Å².